The molecule has 0 bridgehead atoms. The highest BCUT2D eigenvalue weighted by Crippen LogP contribution is 2.37. The topological polar surface area (TPSA) is 130 Å². The van der Waals surface area contributed by atoms with E-state index in [0.717, 1.165) is 19.3 Å². The van der Waals surface area contributed by atoms with E-state index in [-0.39, 0.29) is 48.1 Å². The minimum absolute atomic E-state index is 0.0461. The Morgan fingerprint density at radius 3 is 2.81 bits per heavy atom. The SMILES string of the molecule is Nc1nc2c(ncn2C2CCC(CO)C(CO)C2)c(=O)[nH]1. The molecule has 8 heteroatoms. The molecule has 5 N–H and O–H groups in total. The van der Waals surface area contributed by atoms with E-state index in [0.29, 0.717) is 5.65 Å². The first-order chi connectivity index (χ1) is 10.1. The monoisotopic (exact) mass is 293 g/mol. The van der Waals surface area contributed by atoms with Crippen LogP contribution in [-0.2, 0) is 0 Å². The van der Waals surface area contributed by atoms with Crippen LogP contribution in [0.1, 0.15) is 25.3 Å². The minimum Gasteiger partial charge on any atom is -0.396 e. The number of nitrogens with two attached hydrogens (primary N) is 1. The molecule has 0 radical (unpaired) electrons. The minimum atomic E-state index is -0.348. The van der Waals surface area contributed by atoms with Gasteiger partial charge in [-0.2, -0.15) is 4.98 Å². The van der Waals surface area contributed by atoms with E-state index in [1.165, 1.54) is 0 Å². The number of imidazole rings is 1. The molecule has 1 fully saturated rings. The number of fused-ring (bicyclic) bond motifs is 1. The summed E-state index contributed by atoms with van der Waals surface area (Å²) in [5.74, 6) is 0.241. The lowest BCUT2D eigenvalue weighted by Crippen LogP contribution is -2.31. The first-order valence-corrected chi connectivity index (χ1v) is 7.08. The fraction of sp³-hybridized carbons (Fsp3) is 0.615. The summed E-state index contributed by atoms with van der Waals surface area (Å²) in [6.45, 7) is 0.137. The van der Waals surface area contributed by atoms with Crippen LogP contribution in [0.25, 0.3) is 11.2 Å². The molecule has 1 aliphatic rings. The lowest BCUT2D eigenvalue weighted by molar-refractivity contribution is 0.0678. The zero-order valence-electron chi connectivity index (χ0n) is 11.6. The second kappa shape index (κ2) is 5.45. The van der Waals surface area contributed by atoms with E-state index in [9.17, 15) is 15.0 Å². The second-order valence-electron chi connectivity index (χ2n) is 5.63. The van der Waals surface area contributed by atoms with Crippen LogP contribution >= 0.6 is 0 Å². The van der Waals surface area contributed by atoms with E-state index in [4.69, 9.17) is 5.73 Å². The average molecular weight is 293 g/mol. The van der Waals surface area contributed by atoms with Crippen molar-refractivity contribution in [1.82, 2.24) is 19.5 Å². The Morgan fingerprint density at radius 1 is 1.33 bits per heavy atom. The van der Waals surface area contributed by atoms with Crippen molar-refractivity contribution >= 4 is 17.1 Å². The molecule has 2 aromatic heterocycles. The van der Waals surface area contributed by atoms with Gasteiger partial charge in [-0.15, -0.1) is 0 Å². The number of rotatable bonds is 3. The zero-order chi connectivity index (χ0) is 15.0. The third-order valence-electron chi connectivity index (χ3n) is 4.43. The van der Waals surface area contributed by atoms with Crippen LogP contribution in [0.3, 0.4) is 0 Å². The smallest absolute Gasteiger partial charge is 0.280 e. The Labute approximate surface area is 120 Å². The van der Waals surface area contributed by atoms with Gasteiger partial charge in [0.25, 0.3) is 5.56 Å². The number of nitrogen functional groups attached to an aromatic ring is 1. The summed E-state index contributed by atoms with van der Waals surface area (Å²) >= 11 is 0. The van der Waals surface area contributed by atoms with Crippen LogP contribution in [0.2, 0.25) is 0 Å². The normalized spacial score (nSPS) is 26.3. The third kappa shape index (κ3) is 2.40. The van der Waals surface area contributed by atoms with Crippen LogP contribution < -0.4 is 11.3 Å². The zero-order valence-corrected chi connectivity index (χ0v) is 11.6. The van der Waals surface area contributed by atoms with Crippen molar-refractivity contribution in [2.75, 3.05) is 18.9 Å². The number of hydrogen-bond donors (Lipinski definition) is 4. The van der Waals surface area contributed by atoms with Gasteiger partial charge in [0.2, 0.25) is 5.95 Å². The fourth-order valence-electron chi connectivity index (χ4n) is 3.23. The number of H-pyrrole nitrogens is 1. The van der Waals surface area contributed by atoms with Gasteiger partial charge in [0.05, 0.1) is 6.33 Å². The molecule has 0 spiro atoms. The molecule has 0 amide bonds. The molecule has 2 aromatic rings. The van der Waals surface area contributed by atoms with Gasteiger partial charge >= 0.3 is 0 Å². The molecule has 0 aromatic carbocycles. The van der Waals surface area contributed by atoms with E-state index in [2.05, 4.69) is 15.0 Å². The van der Waals surface area contributed by atoms with E-state index >= 15 is 0 Å². The van der Waals surface area contributed by atoms with Crippen molar-refractivity contribution in [3.8, 4) is 0 Å². The van der Waals surface area contributed by atoms with Gasteiger partial charge in [-0.05, 0) is 31.1 Å². The van der Waals surface area contributed by atoms with Crippen molar-refractivity contribution < 1.29 is 10.2 Å². The number of aliphatic hydroxyl groups is 2. The van der Waals surface area contributed by atoms with Crippen LogP contribution in [0.15, 0.2) is 11.1 Å². The Bertz CT molecular complexity index is 695. The van der Waals surface area contributed by atoms with Crippen molar-refractivity contribution in [3.63, 3.8) is 0 Å². The van der Waals surface area contributed by atoms with Crippen LogP contribution in [-0.4, -0.2) is 42.9 Å². The molecule has 0 aliphatic heterocycles. The predicted octanol–water partition coefficient (Wildman–Crippen LogP) is -0.356. The highest BCUT2D eigenvalue weighted by Gasteiger charge is 2.31. The number of anilines is 1. The lowest BCUT2D eigenvalue weighted by Gasteiger charge is -2.34. The van der Waals surface area contributed by atoms with E-state index in [1.54, 1.807) is 6.33 Å². The number of aromatic nitrogens is 4. The number of nitrogens with zero attached hydrogens (tertiary/aromatic N) is 3. The Kier molecular flexibility index (Phi) is 3.64. The van der Waals surface area contributed by atoms with Crippen molar-refractivity contribution in [3.05, 3.63) is 16.7 Å². The number of aliphatic hydroxyl groups excluding tert-OH is 2. The molecule has 21 heavy (non-hydrogen) atoms. The lowest BCUT2D eigenvalue weighted by atomic mass is 9.77. The fourth-order valence-corrected chi connectivity index (χ4v) is 3.23. The maximum atomic E-state index is 11.8. The molecule has 3 atom stereocenters. The molecule has 2 heterocycles. The van der Waals surface area contributed by atoms with Gasteiger partial charge in [-0.25, -0.2) is 4.98 Å². The standard InChI is InChI=1S/C13H19N5O3/c14-13-16-11-10(12(21)17-13)15-6-18(11)9-2-1-7(4-19)8(3-9)5-20/h6-9,19-20H,1-5H2,(H3,14,16,17,21). The molecule has 3 rings (SSSR count). The Hall–Kier alpha value is -1.93. The Balaban J connectivity index is 1.96. The molecule has 114 valence electrons. The van der Waals surface area contributed by atoms with Crippen molar-refractivity contribution in [2.45, 2.75) is 25.3 Å². The molecular weight excluding hydrogens is 274 g/mol. The summed E-state index contributed by atoms with van der Waals surface area (Å²) < 4.78 is 1.86. The van der Waals surface area contributed by atoms with Gasteiger partial charge in [-0.1, -0.05) is 0 Å². The van der Waals surface area contributed by atoms with Gasteiger partial charge in [0, 0.05) is 19.3 Å². The first kappa shape index (κ1) is 14.0. The molecule has 0 saturated heterocycles. The van der Waals surface area contributed by atoms with Crippen LogP contribution in [0, 0.1) is 11.8 Å². The summed E-state index contributed by atoms with van der Waals surface area (Å²) in [5.41, 5.74) is 6.00. The molecular formula is C13H19N5O3. The van der Waals surface area contributed by atoms with Gasteiger partial charge in [0.15, 0.2) is 11.2 Å². The van der Waals surface area contributed by atoms with Gasteiger partial charge < -0.3 is 20.5 Å². The molecule has 8 nitrogen and oxygen atoms in total. The highest BCUT2D eigenvalue weighted by atomic mass is 16.3. The maximum absolute atomic E-state index is 11.8. The van der Waals surface area contributed by atoms with Crippen molar-refractivity contribution in [1.29, 1.82) is 0 Å². The van der Waals surface area contributed by atoms with Gasteiger partial charge in [-0.3, -0.25) is 9.78 Å². The summed E-state index contributed by atoms with van der Waals surface area (Å²) in [7, 11) is 0. The average Bonchev–Trinajstić information content (AvgIpc) is 2.90. The number of nitrogens with one attached hydrogen (secondary N) is 1. The highest BCUT2D eigenvalue weighted by molar-refractivity contribution is 5.70. The van der Waals surface area contributed by atoms with Gasteiger partial charge in [0.1, 0.15) is 0 Å². The summed E-state index contributed by atoms with van der Waals surface area (Å²) in [5, 5.41) is 18.8. The third-order valence-corrected chi connectivity index (χ3v) is 4.43. The maximum Gasteiger partial charge on any atom is 0.280 e. The molecule has 1 aliphatic carbocycles. The number of aromatic amines is 1. The van der Waals surface area contributed by atoms with E-state index < -0.39 is 0 Å². The van der Waals surface area contributed by atoms with Crippen LogP contribution in [0.5, 0.6) is 0 Å². The summed E-state index contributed by atoms with van der Waals surface area (Å²) in [6.07, 6.45) is 4.00. The summed E-state index contributed by atoms with van der Waals surface area (Å²) in [4.78, 5) is 22.5. The first-order valence-electron chi connectivity index (χ1n) is 7.08. The van der Waals surface area contributed by atoms with E-state index in [1.807, 2.05) is 4.57 Å². The number of hydrogen-bond acceptors (Lipinski definition) is 6. The largest absolute Gasteiger partial charge is 0.396 e. The molecule has 3 unspecified atom stereocenters. The summed E-state index contributed by atoms with van der Waals surface area (Å²) in [6, 6.07) is 0.101. The molecule has 1 saturated carbocycles. The second-order valence-corrected chi connectivity index (χ2v) is 5.63. The van der Waals surface area contributed by atoms with Crippen molar-refractivity contribution in [2.24, 2.45) is 11.8 Å². The predicted molar refractivity (Wildman–Crippen MR) is 76.6 cm³/mol. The Morgan fingerprint density at radius 2 is 2.10 bits per heavy atom. The van der Waals surface area contributed by atoms with Crippen LogP contribution in [0.4, 0.5) is 5.95 Å². The quantitative estimate of drug-likeness (QED) is 0.611.